The molecule has 7 heteroatoms. The highest BCUT2D eigenvalue weighted by atomic mass is 16.2. The highest BCUT2D eigenvalue weighted by molar-refractivity contribution is 5.83. The number of hydrogen-bond acceptors (Lipinski definition) is 5. The lowest BCUT2D eigenvalue weighted by molar-refractivity contribution is -0.124. The second-order valence-electron chi connectivity index (χ2n) is 4.23. The molecule has 112 valence electrons. The van der Waals surface area contributed by atoms with Crippen LogP contribution >= 0.6 is 0 Å². The third-order valence-electron chi connectivity index (χ3n) is 2.70. The van der Waals surface area contributed by atoms with E-state index >= 15 is 0 Å². The molecule has 0 saturated carbocycles. The molecule has 0 heterocycles. The molecular weight excluding hydrogens is 246 g/mol. The zero-order valence-electron chi connectivity index (χ0n) is 12.1. The Balaban J connectivity index is 3.84. The Morgan fingerprint density at radius 3 is 2.00 bits per heavy atom. The van der Waals surface area contributed by atoms with Crippen LogP contribution in [0.25, 0.3) is 0 Å². The molecule has 19 heavy (non-hydrogen) atoms. The molecule has 0 unspecified atom stereocenters. The van der Waals surface area contributed by atoms with Crippen LogP contribution in [0.4, 0.5) is 0 Å². The lowest BCUT2D eigenvalue weighted by Gasteiger charge is -2.15. The normalized spacial score (nSPS) is 11.9. The molecule has 1 atom stereocenters. The Bertz CT molecular complexity index is 261. The van der Waals surface area contributed by atoms with Gasteiger partial charge in [0, 0.05) is 32.6 Å². The van der Waals surface area contributed by atoms with Gasteiger partial charge >= 0.3 is 0 Å². The summed E-state index contributed by atoms with van der Waals surface area (Å²) >= 11 is 0. The standard InChI is InChI=1S/C12H27N5O2/c1-13-6-8-16-11(18)5-4-10(15-3)12(19)17-9-7-14-2/h10,13-15H,4-9H2,1-3H3,(H,16,18)(H,17,19)/t10-/m0/s1. The van der Waals surface area contributed by atoms with E-state index in [2.05, 4.69) is 26.6 Å². The number of likely N-dealkylation sites (N-methyl/N-ethyl adjacent to an activating group) is 3. The fourth-order valence-corrected chi connectivity index (χ4v) is 1.53. The average molecular weight is 273 g/mol. The van der Waals surface area contributed by atoms with E-state index in [1.165, 1.54) is 0 Å². The first-order chi connectivity index (χ1) is 9.15. The molecule has 0 aliphatic heterocycles. The van der Waals surface area contributed by atoms with Gasteiger partial charge in [0.25, 0.3) is 0 Å². The SMILES string of the molecule is CNCCNC(=O)CC[C@H](NC)C(=O)NCCNC. The number of carbonyl (C=O) groups is 2. The van der Waals surface area contributed by atoms with Crippen molar-refractivity contribution in [1.29, 1.82) is 0 Å². The van der Waals surface area contributed by atoms with Crippen LogP contribution in [0, 0.1) is 0 Å². The van der Waals surface area contributed by atoms with E-state index in [4.69, 9.17) is 0 Å². The Morgan fingerprint density at radius 1 is 0.895 bits per heavy atom. The number of hydrogen-bond donors (Lipinski definition) is 5. The van der Waals surface area contributed by atoms with Crippen molar-refractivity contribution in [1.82, 2.24) is 26.6 Å². The second kappa shape index (κ2) is 11.9. The van der Waals surface area contributed by atoms with Gasteiger partial charge in [0.05, 0.1) is 6.04 Å². The van der Waals surface area contributed by atoms with E-state index in [0.29, 0.717) is 25.9 Å². The van der Waals surface area contributed by atoms with Gasteiger partial charge < -0.3 is 26.6 Å². The van der Waals surface area contributed by atoms with Gasteiger partial charge in [0.2, 0.25) is 11.8 Å². The quantitative estimate of drug-likeness (QED) is 0.281. The minimum Gasteiger partial charge on any atom is -0.355 e. The van der Waals surface area contributed by atoms with Crippen molar-refractivity contribution in [3.8, 4) is 0 Å². The van der Waals surface area contributed by atoms with Crippen LogP contribution < -0.4 is 26.6 Å². The molecule has 0 rings (SSSR count). The van der Waals surface area contributed by atoms with Gasteiger partial charge in [-0.05, 0) is 27.6 Å². The zero-order valence-corrected chi connectivity index (χ0v) is 12.1. The summed E-state index contributed by atoms with van der Waals surface area (Å²) in [4.78, 5) is 23.3. The Morgan fingerprint density at radius 2 is 1.47 bits per heavy atom. The third-order valence-corrected chi connectivity index (χ3v) is 2.70. The van der Waals surface area contributed by atoms with E-state index in [0.717, 1.165) is 13.1 Å². The van der Waals surface area contributed by atoms with Crippen LogP contribution in [0.3, 0.4) is 0 Å². The summed E-state index contributed by atoms with van der Waals surface area (Å²) in [6.45, 7) is 2.66. The minimum atomic E-state index is -0.327. The number of amides is 2. The third kappa shape index (κ3) is 9.40. The molecule has 0 bridgehead atoms. The van der Waals surface area contributed by atoms with Crippen molar-refractivity contribution < 1.29 is 9.59 Å². The molecule has 2 amide bonds. The number of rotatable bonds is 11. The van der Waals surface area contributed by atoms with Gasteiger partial charge in [-0.3, -0.25) is 9.59 Å². The molecule has 0 radical (unpaired) electrons. The first-order valence-corrected chi connectivity index (χ1v) is 6.66. The monoisotopic (exact) mass is 273 g/mol. The van der Waals surface area contributed by atoms with Crippen LogP contribution in [0.15, 0.2) is 0 Å². The average Bonchev–Trinajstić information content (AvgIpc) is 2.40. The van der Waals surface area contributed by atoms with Crippen LogP contribution in [-0.4, -0.2) is 65.2 Å². The zero-order chi connectivity index (χ0) is 14.5. The molecule has 0 aliphatic rings. The van der Waals surface area contributed by atoms with Gasteiger partial charge in [0.1, 0.15) is 0 Å². The van der Waals surface area contributed by atoms with E-state index in [1.807, 2.05) is 14.1 Å². The topological polar surface area (TPSA) is 94.3 Å². The summed E-state index contributed by atoms with van der Waals surface area (Å²) in [5, 5.41) is 14.4. The van der Waals surface area contributed by atoms with Crippen molar-refractivity contribution >= 4 is 11.8 Å². The van der Waals surface area contributed by atoms with Gasteiger partial charge in [-0.25, -0.2) is 0 Å². The highest BCUT2D eigenvalue weighted by Crippen LogP contribution is 1.97. The van der Waals surface area contributed by atoms with Crippen LogP contribution in [0.2, 0.25) is 0 Å². The van der Waals surface area contributed by atoms with Crippen LogP contribution in [-0.2, 0) is 9.59 Å². The predicted octanol–water partition coefficient (Wildman–Crippen LogP) is -1.97. The Labute approximate surface area is 115 Å². The molecular formula is C12H27N5O2. The molecule has 0 aliphatic carbocycles. The summed E-state index contributed by atoms with van der Waals surface area (Å²) in [5.74, 6) is -0.0979. The molecule has 0 fully saturated rings. The van der Waals surface area contributed by atoms with Gasteiger partial charge in [-0.1, -0.05) is 0 Å². The summed E-state index contributed by atoms with van der Waals surface area (Å²) < 4.78 is 0. The summed E-state index contributed by atoms with van der Waals surface area (Å²) in [5.41, 5.74) is 0. The van der Waals surface area contributed by atoms with Gasteiger partial charge in [-0.15, -0.1) is 0 Å². The second-order valence-corrected chi connectivity index (χ2v) is 4.23. The molecule has 0 saturated heterocycles. The lowest BCUT2D eigenvalue weighted by Crippen LogP contribution is -2.45. The summed E-state index contributed by atoms with van der Waals surface area (Å²) in [6, 6.07) is -0.327. The summed E-state index contributed by atoms with van der Waals surface area (Å²) in [6.07, 6.45) is 0.835. The molecule has 0 aromatic rings. The van der Waals surface area contributed by atoms with Crippen LogP contribution in [0.1, 0.15) is 12.8 Å². The van der Waals surface area contributed by atoms with Crippen molar-refractivity contribution in [2.24, 2.45) is 0 Å². The Kier molecular flexibility index (Phi) is 11.1. The van der Waals surface area contributed by atoms with Crippen LogP contribution in [0.5, 0.6) is 0 Å². The molecule has 0 spiro atoms. The molecule has 7 nitrogen and oxygen atoms in total. The highest BCUT2D eigenvalue weighted by Gasteiger charge is 2.16. The fraction of sp³-hybridized carbons (Fsp3) is 0.833. The van der Waals surface area contributed by atoms with E-state index in [9.17, 15) is 9.59 Å². The van der Waals surface area contributed by atoms with Crippen molar-refractivity contribution in [3.05, 3.63) is 0 Å². The maximum atomic E-state index is 11.8. The molecule has 0 aromatic carbocycles. The Hall–Kier alpha value is -1.18. The molecule has 0 aromatic heterocycles. The van der Waals surface area contributed by atoms with E-state index in [1.54, 1.807) is 7.05 Å². The molecule has 5 N–H and O–H groups in total. The minimum absolute atomic E-state index is 0.0291. The smallest absolute Gasteiger partial charge is 0.237 e. The van der Waals surface area contributed by atoms with Crippen molar-refractivity contribution in [2.75, 3.05) is 47.3 Å². The van der Waals surface area contributed by atoms with Gasteiger partial charge in [0.15, 0.2) is 0 Å². The number of carbonyl (C=O) groups excluding carboxylic acids is 2. The maximum Gasteiger partial charge on any atom is 0.237 e. The summed E-state index contributed by atoms with van der Waals surface area (Å²) in [7, 11) is 5.39. The predicted molar refractivity (Wildman–Crippen MR) is 76.0 cm³/mol. The number of nitrogens with one attached hydrogen (secondary N) is 5. The fourth-order valence-electron chi connectivity index (χ4n) is 1.53. The largest absolute Gasteiger partial charge is 0.355 e. The van der Waals surface area contributed by atoms with Crippen molar-refractivity contribution in [3.63, 3.8) is 0 Å². The maximum absolute atomic E-state index is 11.8. The van der Waals surface area contributed by atoms with Gasteiger partial charge in [-0.2, -0.15) is 0 Å². The first kappa shape index (κ1) is 17.8. The van der Waals surface area contributed by atoms with Crippen molar-refractivity contribution in [2.45, 2.75) is 18.9 Å². The van der Waals surface area contributed by atoms with E-state index < -0.39 is 0 Å². The first-order valence-electron chi connectivity index (χ1n) is 6.66. The van der Waals surface area contributed by atoms with E-state index in [-0.39, 0.29) is 17.9 Å². The lowest BCUT2D eigenvalue weighted by atomic mass is 10.1.